The Morgan fingerprint density at radius 1 is 0.676 bits per heavy atom. The molecule has 2 atom stereocenters. The largest absolute Gasteiger partial charge is 0.480 e. The Hall–Kier alpha value is -1.74. The summed E-state index contributed by atoms with van der Waals surface area (Å²) < 4.78 is 12.0. The van der Waals surface area contributed by atoms with Crippen LogP contribution in [0.2, 0.25) is 0 Å². The molecule has 0 aliphatic carbocycles. The fourth-order valence-corrected chi connectivity index (χ4v) is 6.32. The molecule has 0 amide bonds. The SMILES string of the molecule is C=C(C)C(=O)SCCSC(C)Oc1ccc(Cc2ccc(OC(C)SCCSC(=O)C(=C)C)cc2)cc1. The molecular formula is C29H36O4S4. The van der Waals surface area contributed by atoms with Crippen molar-refractivity contribution in [3.63, 3.8) is 0 Å². The lowest BCUT2D eigenvalue weighted by Gasteiger charge is -2.15. The molecule has 2 aromatic rings. The molecule has 0 aromatic heterocycles. The predicted octanol–water partition coefficient (Wildman–Crippen LogP) is 7.87. The van der Waals surface area contributed by atoms with Gasteiger partial charge in [-0.3, -0.25) is 9.59 Å². The van der Waals surface area contributed by atoms with Crippen LogP contribution in [-0.4, -0.2) is 44.1 Å². The van der Waals surface area contributed by atoms with Gasteiger partial charge >= 0.3 is 0 Å². The monoisotopic (exact) mass is 576 g/mol. The van der Waals surface area contributed by atoms with Gasteiger partial charge in [0.25, 0.3) is 0 Å². The molecule has 4 nitrogen and oxygen atoms in total. The van der Waals surface area contributed by atoms with E-state index in [1.165, 1.54) is 34.7 Å². The fraction of sp³-hybridized carbons (Fsp3) is 0.379. The molecule has 2 aromatic carbocycles. The van der Waals surface area contributed by atoms with Crippen molar-refractivity contribution in [2.24, 2.45) is 0 Å². The first-order chi connectivity index (χ1) is 17.6. The number of thioether (sulfide) groups is 4. The quantitative estimate of drug-likeness (QED) is 0.114. The van der Waals surface area contributed by atoms with E-state index >= 15 is 0 Å². The van der Waals surface area contributed by atoms with Crippen LogP contribution in [0.3, 0.4) is 0 Å². The Kier molecular flexibility index (Phi) is 14.4. The second-order valence-corrected chi connectivity index (χ2v) is 13.4. The van der Waals surface area contributed by atoms with Crippen molar-refractivity contribution in [3.05, 3.63) is 84.0 Å². The van der Waals surface area contributed by atoms with E-state index in [1.54, 1.807) is 37.4 Å². The third kappa shape index (κ3) is 13.1. The summed E-state index contributed by atoms with van der Waals surface area (Å²) in [5, 5.41) is 0.111. The summed E-state index contributed by atoms with van der Waals surface area (Å²) in [6.07, 6.45) is 0.830. The van der Waals surface area contributed by atoms with Crippen molar-refractivity contribution in [1.29, 1.82) is 0 Å². The minimum Gasteiger partial charge on any atom is -0.480 e. The lowest BCUT2D eigenvalue weighted by atomic mass is 10.0. The zero-order chi connectivity index (χ0) is 27.2. The van der Waals surface area contributed by atoms with E-state index in [0.717, 1.165) is 40.9 Å². The van der Waals surface area contributed by atoms with Gasteiger partial charge in [0, 0.05) is 23.0 Å². The van der Waals surface area contributed by atoms with Gasteiger partial charge in [-0.1, -0.05) is 60.9 Å². The van der Waals surface area contributed by atoms with Crippen LogP contribution in [0.15, 0.2) is 72.8 Å². The second-order valence-electron chi connectivity index (χ2n) is 8.41. The predicted molar refractivity (Wildman–Crippen MR) is 165 cm³/mol. The zero-order valence-electron chi connectivity index (χ0n) is 22.0. The van der Waals surface area contributed by atoms with Crippen molar-refractivity contribution in [2.45, 2.75) is 45.0 Å². The van der Waals surface area contributed by atoms with E-state index in [0.29, 0.717) is 11.1 Å². The van der Waals surface area contributed by atoms with Gasteiger partial charge < -0.3 is 9.47 Å². The molecule has 0 heterocycles. The van der Waals surface area contributed by atoms with Gasteiger partial charge in [-0.25, -0.2) is 0 Å². The lowest BCUT2D eigenvalue weighted by Crippen LogP contribution is -2.09. The van der Waals surface area contributed by atoms with Crippen molar-refractivity contribution >= 4 is 57.3 Å². The fourth-order valence-electron chi connectivity index (χ4n) is 3.00. The van der Waals surface area contributed by atoms with Crippen LogP contribution in [0, 0.1) is 0 Å². The Bertz CT molecular complexity index is 951. The molecule has 0 N–H and O–H groups in total. The highest BCUT2D eigenvalue weighted by molar-refractivity contribution is 8.15. The van der Waals surface area contributed by atoms with E-state index in [-0.39, 0.29) is 21.1 Å². The van der Waals surface area contributed by atoms with Gasteiger partial charge in [0.05, 0.1) is 0 Å². The molecular weight excluding hydrogens is 541 g/mol. The Labute approximate surface area is 238 Å². The van der Waals surface area contributed by atoms with Crippen molar-refractivity contribution < 1.29 is 19.1 Å². The van der Waals surface area contributed by atoms with Crippen LogP contribution in [0.5, 0.6) is 11.5 Å². The normalized spacial score (nSPS) is 12.4. The number of carbonyl (C=O) groups is 2. The van der Waals surface area contributed by atoms with Gasteiger partial charge in [0.15, 0.2) is 0 Å². The average molecular weight is 577 g/mol. The van der Waals surface area contributed by atoms with Crippen LogP contribution >= 0.6 is 47.0 Å². The molecule has 0 fully saturated rings. The molecule has 0 aliphatic heterocycles. The minimum absolute atomic E-state index is 0.0112. The lowest BCUT2D eigenvalue weighted by molar-refractivity contribution is -0.108. The molecule has 8 heteroatoms. The van der Waals surface area contributed by atoms with E-state index in [1.807, 2.05) is 38.1 Å². The molecule has 0 saturated carbocycles. The molecule has 2 unspecified atom stereocenters. The first-order valence-electron chi connectivity index (χ1n) is 12.0. The highest BCUT2D eigenvalue weighted by Crippen LogP contribution is 2.24. The maximum absolute atomic E-state index is 11.6. The smallest absolute Gasteiger partial charge is 0.214 e. The number of rotatable bonds is 16. The van der Waals surface area contributed by atoms with Crippen LogP contribution in [0.4, 0.5) is 0 Å². The summed E-state index contributed by atoms with van der Waals surface area (Å²) in [5.41, 5.74) is 3.62. The van der Waals surface area contributed by atoms with E-state index in [4.69, 9.17) is 9.47 Å². The Morgan fingerprint density at radius 3 is 1.35 bits per heavy atom. The van der Waals surface area contributed by atoms with Crippen molar-refractivity contribution in [3.8, 4) is 11.5 Å². The molecule has 2 rings (SSSR count). The highest BCUT2D eigenvalue weighted by atomic mass is 32.2. The van der Waals surface area contributed by atoms with Gasteiger partial charge in [-0.15, -0.1) is 23.5 Å². The van der Waals surface area contributed by atoms with E-state index < -0.39 is 0 Å². The van der Waals surface area contributed by atoms with E-state index in [9.17, 15) is 9.59 Å². The molecule has 0 bridgehead atoms. The number of hydrogen-bond acceptors (Lipinski definition) is 8. The summed E-state index contributed by atoms with van der Waals surface area (Å²) >= 11 is 5.99. The molecule has 200 valence electrons. The third-order valence-electron chi connectivity index (χ3n) is 4.89. The van der Waals surface area contributed by atoms with E-state index in [2.05, 4.69) is 37.4 Å². The summed E-state index contributed by atoms with van der Waals surface area (Å²) in [5.74, 6) is 4.87. The summed E-state index contributed by atoms with van der Waals surface area (Å²) in [4.78, 5) is 23.2. The molecule has 37 heavy (non-hydrogen) atoms. The molecule has 0 aliphatic rings. The number of hydrogen-bond donors (Lipinski definition) is 0. The van der Waals surface area contributed by atoms with Crippen LogP contribution in [0.25, 0.3) is 0 Å². The maximum Gasteiger partial charge on any atom is 0.214 e. The van der Waals surface area contributed by atoms with Gasteiger partial charge in [-0.05, 0) is 80.7 Å². The number of ether oxygens (including phenoxy) is 2. The molecule has 0 radical (unpaired) electrons. The minimum atomic E-state index is 0.0112. The van der Waals surface area contributed by atoms with Gasteiger partial charge in [0.2, 0.25) is 10.2 Å². The highest BCUT2D eigenvalue weighted by Gasteiger charge is 2.09. The average Bonchev–Trinajstić information content (AvgIpc) is 2.86. The van der Waals surface area contributed by atoms with Crippen LogP contribution in [0.1, 0.15) is 38.8 Å². The number of benzene rings is 2. The third-order valence-corrected chi connectivity index (χ3v) is 9.46. The maximum atomic E-state index is 11.6. The Balaban J connectivity index is 1.71. The van der Waals surface area contributed by atoms with Crippen LogP contribution in [-0.2, 0) is 16.0 Å². The zero-order valence-corrected chi connectivity index (χ0v) is 25.3. The van der Waals surface area contributed by atoms with Gasteiger partial charge in [-0.2, -0.15) is 0 Å². The Morgan fingerprint density at radius 2 is 1.03 bits per heavy atom. The van der Waals surface area contributed by atoms with Crippen LogP contribution < -0.4 is 9.47 Å². The van der Waals surface area contributed by atoms with Crippen molar-refractivity contribution in [1.82, 2.24) is 0 Å². The summed E-state index contributed by atoms with van der Waals surface area (Å²) in [7, 11) is 0. The summed E-state index contributed by atoms with van der Waals surface area (Å²) in [6, 6.07) is 16.4. The standard InChI is InChI=1S/C29H36O4S4/c1-20(2)28(30)36-17-15-34-22(5)32-26-11-7-24(8-12-26)19-25-9-13-27(14-10-25)33-23(6)35-16-18-37-29(31)21(3)4/h7-14,22-23H,1,3,15-19H2,2,4-6H3. The van der Waals surface area contributed by atoms with Gasteiger partial charge in [0.1, 0.15) is 22.4 Å². The molecule has 0 saturated heterocycles. The number of carbonyl (C=O) groups excluding carboxylic acids is 2. The molecule has 0 spiro atoms. The first kappa shape index (κ1) is 31.5. The topological polar surface area (TPSA) is 52.6 Å². The first-order valence-corrected chi connectivity index (χ1v) is 16.1. The second kappa shape index (κ2) is 17.0. The van der Waals surface area contributed by atoms with Crippen molar-refractivity contribution in [2.75, 3.05) is 23.0 Å². The summed E-state index contributed by atoms with van der Waals surface area (Å²) in [6.45, 7) is 14.9.